The molecule has 7 nitrogen and oxygen atoms in total. The van der Waals surface area contributed by atoms with Gasteiger partial charge in [-0.1, -0.05) is 18.2 Å². The highest BCUT2D eigenvalue weighted by molar-refractivity contribution is 5.97. The van der Waals surface area contributed by atoms with Crippen molar-refractivity contribution in [3.8, 4) is 34.0 Å². The van der Waals surface area contributed by atoms with Crippen LogP contribution in [-0.2, 0) is 0 Å². The first-order valence-electron chi connectivity index (χ1n) is 9.63. The Hall–Kier alpha value is -4.46. The third kappa shape index (κ3) is 2.77. The van der Waals surface area contributed by atoms with Crippen LogP contribution in [0, 0.1) is 5.82 Å². The number of hydrogen-bond acceptors (Lipinski definition) is 5. The molecule has 0 amide bonds. The van der Waals surface area contributed by atoms with Crippen LogP contribution in [0.1, 0.15) is 0 Å². The van der Waals surface area contributed by atoms with E-state index in [1.165, 1.54) is 0 Å². The molecule has 0 atom stereocenters. The topological polar surface area (TPSA) is 96.0 Å². The minimum atomic E-state index is -0.473. The number of H-pyrrole nitrogens is 2. The van der Waals surface area contributed by atoms with Crippen LogP contribution in [0.25, 0.3) is 56.0 Å². The first-order valence-corrected chi connectivity index (χ1v) is 9.63. The van der Waals surface area contributed by atoms with E-state index in [1.54, 1.807) is 36.9 Å². The molecule has 0 unspecified atom stereocenters. The molecule has 0 saturated carbocycles. The molecular formula is C23H14FN7. The van der Waals surface area contributed by atoms with E-state index < -0.39 is 5.82 Å². The third-order valence-corrected chi connectivity index (χ3v) is 5.16. The number of imidazole rings is 1. The number of aromatic amines is 2. The quantitative estimate of drug-likeness (QED) is 0.441. The molecule has 6 rings (SSSR count). The van der Waals surface area contributed by atoms with Crippen molar-refractivity contribution in [3.63, 3.8) is 0 Å². The molecule has 0 saturated heterocycles. The summed E-state index contributed by atoms with van der Waals surface area (Å²) in [5, 5.41) is 7.51. The van der Waals surface area contributed by atoms with Gasteiger partial charge in [0.25, 0.3) is 0 Å². The number of hydrogen-bond donors (Lipinski definition) is 2. The van der Waals surface area contributed by atoms with Crippen molar-refractivity contribution in [2.24, 2.45) is 0 Å². The van der Waals surface area contributed by atoms with Crippen LogP contribution in [0.15, 0.2) is 73.3 Å². The molecule has 2 N–H and O–H groups in total. The molecule has 0 radical (unpaired) electrons. The third-order valence-electron chi connectivity index (χ3n) is 5.16. The smallest absolute Gasteiger partial charge is 0.161 e. The van der Waals surface area contributed by atoms with Crippen LogP contribution >= 0.6 is 0 Å². The number of pyridine rings is 3. The Morgan fingerprint density at radius 3 is 2.61 bits per heavy atom. The molecule has 6 aromatic rings. The van der Waals surface area contributed by atoms with E-state index in [0.29, 0.717) is 28.0 Å². The average Bonchev–Trinajstić information content (AvgIpc) is 3.45. The Bertz CT molecular complexity index is 1540. The number of aromatic nitrogens is 7. The lowest BCUT2D eigenvalue weighted by molar-refractivity contribution is 0.638. The van der Waals surface area contributed by atoms with Gasteiger partial charge in [-0.05, 0) is 30.3 Å². The fourth-order valence-corrected chi connectivity index (χ4v) is 3.72. The van der Waals surface area contributed by atoms with Gasteiger partial charge in [0.15, 0.2) is 11.6 Å². The lowest BCUT2D eigenvalue weighted by Gasteiger charge is -2.03. The van der Waals surface area contributed by atoms with Gasteiger partial charge in [-0.25, -0.2) is 9.37 Å². The van der Waals surface area contributed by atoms with Crippen LogP contribution in [0.3, 0.4) is 0 Å². The van der Waals surface area contributed by atoms with Gasteiger partial charge < -0.3 is 4.98 Å². The summed E-state index contributed by atoms with van der Waals surface area (Å²) in [5.74, 6) is -0.00785. The molecule has 0 aliphatic heterocycles. The van der Waals surface area contributed by atoms with Crippen molar-refractivity contribution in [1.82, 2.24) is 35.1 Å². The van der Waals surface area contributed by atoms with Crippen LogP contribution in [-0.4, -0.2) is 35.1 Å². The summed E-state index contributed by atoms with van der Waals surface area (Å²) in [5.41, 5.74) is 4.95. The SMILES string of the molecule is Fc1c(-c2cccnc2)ncc2[nH]nc(-c3nc4c(-c5ccccn5)cccc4[nH]3)c12. The highest BCUT2D eigenvalue weighted by Gasteiger charge is 2.21. The highest BCUT2D eigenvalue weighted by atomic mass is 19.1. The molecule has 148 valence electrons. The first-order chi connectivity index (χ1) is 15.3. The lowest BCUT2D eigenvalue weighted by Crippen LogP contribution is -1.92. The second-order valence-electron chi connectivity index (χ2n) is 7.03. The second-order valence-corrected chi connectivity index (χ2v) is 7.03. The van der Waals surface area contributed by atoms with E-state index >= 15 is 4.39 Å². The zero-order chi connectivity index (χ0) is 20.8. The standard InChI is InChI=1S/C23H14FN7/c24-19-18-17(12-27-20(19)13-5-4-9-25-11-13)30-31-22(18)23-28-16-8-3-6-14(21(16)29-23)15-7-1-2-10-26-15/h1-12H,(H,28,29)(H,30,31). The van der Waals surface area contributed by atoms with Gasteiger partial charge in [-0.2, -0.15) is 5.10 Å². The summed E-state index contributed by atoms with van der Waals surface area (Å²) >= 11 is 0. The number of nitrogens with one attached hydrogen (secondary N) is 2. The normalized spacial score (nSPS) is 11.4. The zero-order valence-electron chi connectivity index (χ0n) is 16.0. The average molecular weight is 407 g/mol. The molecule has 0 bridgehead atoms. The number of halogens is 1. The summed E-state index contributed by atoms with van der Waals surface area (Å²) in [6.45, 7) is 0. The maximum absolute atomic E-state index is 15.5. The number of rotatable bonds is 3. The van der Waals surface area contributed by atoms with Gasteiger partial charge in [0, 0.05) is 29.7 Å². The van der Waals surface area contributed by atoms with E-state index in [4.69, 9.17) is 4.98 Å². The van der Waals surface area contributed by atoms with Crippen molar-refractivity contribution in [3.05, 3.63) is 79.1 Å². The molecule has 5 aromatic heterocycles. The lowest BCUT2D eigenvalue weighted by atomic mass is 10.1. The molecule has 0 fully saturated rings. The Kier molecular flexibility index (Phi) is 3.82. The minimum absolute atomic E-state index is 0.216. The molecule has 0 spiro atoms. The predicted octanol–water partition coefficient (Wildman–Crippen LogP) is 4.76. The summed E-state index contributed by atoms with van der Waals surface area (Å²) in [4.78, 5) is 20.8. The van der Waals surface area contributed by atoms with Gasteiger partial charge in [-0.3, -0.25) is 20.1 Å². The van der Waals surface area contributed by atoms with Crippen molar-refractivity contribution in [2.75, 3.05) is 0 Å². The first kappa shape index (κ1) is 17.4. The second kappa shape index (κ2) is 6.81. The highest BCUT2D eigenvalue weighted by Crippen LogP contribution is 2.33. The Labute approximate surface area is 175 Å². The largest absolute Gasteiger partial charge is 0.337 e. The summed E-state index contributed by atoms with van der Waals surface area (Å²) < 4.78 is 15.5. The van der Waals surface area contributed by atoms with Crippen molar-refractivity contribution in [2.45, 2.75) is 0 Å². The Morgan fingerprint density at radius 2 is 1.77 bits per heavy atom. The number of fused-ring (bicyclic) bond motifs is 2. The van der Waals surface area contributed by atoms with Crippen molar-refractivity contribution in [1.29, 1.82) is 0 Å². The predicted molar refractivity (Wildman–Crippen MR) is 115 cm³/mol. The van der Waals surface area contributed by atoms with E-state index in [0.717, 1.165) is 22.3 Å². The number of nitrogens with zero attached hydrogens (tertiary/aromatic N) is 5. The maximum Gasteiger partial charge on any atom is 0.161 e. The molecule has 5 heterocycles. The number of benzene rings is 1. The fourth-order valence-electron chi connectivity index (χ4n) is 3.72. The van der Waals surface area contributed by atoms with Crippen molar-refractivity contribution >= 4 is 21.9 Å². The summed E-state index contributed by atoms with van der Waals surface area (Å²) in [7, 11) is 0. The fraction of sp³-hybridized carbons (Fsp3) is 0. The van der Waals surface area contributed by atoms with E-state index in [-0.39, 0.29) is 5.69 Å². The zero-order valence-corrected chi connectivity index (χ0v) is 16.0. The van der Waals surface area contributed by atoms with Gasteiger partial charge in [-0.15, -0.1) is 0 Å². The van der Waals surface area contributed by atoms with Crippen LogP contribution < -0.4 is 0 Å². The molecule has 8 heteroatoms. The van der Waals surface area contributed by atoms with Crippen LogP contribution in [0.4, 0.5) is 4.39 Å². The summed E-state index contributed by atoms with van der Waals surface area (Å²) in [6, 6.07) is 15.1. The molecule has 31 heavy (non-hydrogen) atoms. The van der Waals surface area contributed by atoms with Gasteiger partial charge in [0.1, 0.15) is 11.4 Å². The van der Waals surface area contributed by atoms with Gasteiger partial charge in [0.2, 0.25) is 0 Å². The van der Waals surface area contributed by atoms with Crippen molar-refractivity contribution < 1.29 is 4.39 Å². The maximum atomic E-state index is 15.5. The van der Waals surface area contributed by atoms with E-state index in [9.17, 15) is 0 Å². The van der Waals surface area contributed by atoms with Crippen LogP contribution in [0.5, 0.6) is 0 Å². The van der Waals surface area contributed by atoms with E-state index in [2.05, 4.69) is 30.1 Å². The molecule has 0 aliphatic carbocycles. The Balaban J connectivity index is 1.56. The molecule has 1 aromatic carbocycles. The van der Waals surface area contributed by atoms with Crippen LogP contribution in [0.2, 0.25) is 0 Å². The number of para-hydroxylation sites is 1. The van der Waals surface area contributed by atoms with Gasteiger partial charge in [0.05, 0.1) is 33.8 Å². The molecule has 0 aliphatic rings. The minimum Gasteiger partial charge on any atom is -0.337 e. The monoisotopic (exact) mass is 407 g/mol. The summed E-state index contributed by atoms with van der Waals surface area (Å²) in [6.07, 6.45) is 6.53. The Morgan fingerprint density at radius 1 is 0.806 bits per heavy atom. The van der Waals surface area contributed by atoms with E-state index in [1.807, 2.05) is 36.4 Å². The molecular weight excluding hydrogens is 393 g/mol. The van der Waals surface area contributed by atoms with Gasteiger partial charge >= 0.3 is 0 Å².